The zero-order valence-electron chi connectivity index (χ0n) is 13.3. The van der Waals surface area contributed by atoms with Gasteiger partial charge in [0.05, 0.1) is 0 Å². The molecule has 0 amide bonds. The molecule has 0 aliphatic rings. The van der Waals surface area contributed by atoms with Crippen molar-refractivity contribution in [2.75, 3.05) is 19.6 Å². The highest BCUT2D eigenvalue weighted by molar-refractivity contribution is 5.16. The number of rotatable bonds is 8. The van der Waals surface area contributed by atoms with E-state index in [4.69, 9.17) is 0 Å². The maximum absolute atomic E-state index is 2.60. The lowest BCUT2D eigenvalue weighted by atomic mass is 10.1. The SMILES string of the molecule is CC(C)CN(CCc1ccccc1)CCc1ccccc1. The Bertz CT molecular complexity index is 446. The summed E-state index contributed by atoms with van der Waals surface area (Å²) in [5, 5.41) is 0. The van der Waals surface area contributed by atoms with E-state index in [1.807, 2.05) is 0 Å². The largest absolute Gasteiger partial charge is 0.302 e. The molecule has 0 spiro atoms. The van der Waals surface area contributed by atoms with Crippen LogP contribution in [0.5, 0.6) is 0 Å². The molecule has 0 N–H and O–H groups in total. The zero-order chi connectivity index (χ0) is 14.9. The normalized spacial score (nSPS) is 11.2. The Morgan fingerprint density at radius 1 is 0.714 bits per heavy atom. The van der Waals surface area contributed by atoms with Crippen LogP contribution in [0.4, 0.5) is 0 Å². The van der Waals surface area contributed by atoms with Crippen molar-refractivity contribution in [1.29, 1.82) is 0 Å². The van der Waals surface area contributed by atoms with Gasteiger partial charge in [-0.15, -0.1) is 0 Å². The van der Waals surface area contributed by atoms with E-state index in [9.17, 15) is 0 Å². The molecular formula is C20H27N. The van der Waals surface area contributed by atoms with Gasteiger partial charge >= 0.3 is 0 Å². The molecule has 2 aromatic rings. The Morgan fingerprint density at radius 2 is 1.14 bits per heavy atom. The third-order valence-corrected chi connectivity index (χ3v) is 3.74. The predicted octanol–water partition coefficient (Wildman–Crippen LogP) is 4.43. The van der Waals surface area contributed by atoms with Crippen molar-refractivity contribution in [3.63, 3.8) is 0 Å². The van der Waals surface area contributed by atoms with Gasteiger partial charge in [-0.3, -0.25) is 0 Å². The van der Waals surface area contributed by atoms with Crippen LogP contribution in [0.1, 0.15) is 25.0 Å². The van der Waals surface area contributed by atoms with Gasteiger partial charge < -0.3 is 4.90 Å². The summed E-state index contributed by atoms with van der Waals surface area (Å²) in [6.45, 7) is 8.08. The van der Waals surface area contributed by atoms with Gasteiger partial charge in [-0.25, -0.2) is 0 Å². The van der Waals surface area contributed by atoms with E-state index >= 15 is 0 Å². The van der Waals surface area contributed by atoms with Crippen molar-refractivity contribution >= 4 is 0 Å². The highest BCUT2D eigenvalue weighted by Gasteiger charge is 2.08. The smallest absolute Gasteiger partial charge is 0.00221 e. The minimum atomic E-state index is 0.719. The molecule has 1 heteroatoms. The van der Waals surface area contributed by atoms with E-state index in [0.29, 0.717) is 0 Å². The summed E-state index contributed by atoms with van der Waals surface area (Å²) in [5.41, 5.74) is 2.87. The van der Waals surface area contributed by atoms with E-state index in [0.717, 1.165) is 31.8 Å². The lowest BCUT2D eigenvalue weighted by molar-refractivity contribution is 0.250. The second-order valence-corrected chi connectivity index (χ2v) is 6.17. The van der Waals surface area contributed by atoms with E-state index in [2.05, 4.69) is 79.4 Å². The molecule has 0 saturated carbocycles. The summed E-state index contributed by atoms with van der Waals surface area (Å²) in [6.07, 6.45) is 2.28. The van der Waals surface area contributed by atoms with Crippen molar-refractivity contribution in [1.82, 2.24) is 4.90 Å². The third-order valence-electron chi connectivity index (χ3n) is 3.74. The second kappa shape index (κ2) is 8.63. The van der Waals surface area contributed by atoms with E-state index < -0.39 is 0 Å². The van der Waals surface area contributed by atoms with Crippen LogP contribution in [0.2, 0.25) is 0 Å². The first-order valence-electron chi connectivity index (χ1n) is 8.04. The second-order valence-electron chi connectivity index (χ2n) is 6.17. The molecule has 0 aliphatic heterocycles. The molecule has 1 nitrogen and oxygen atoms in total. The molecule has 0 heterocycles. The number of nitrogens with zero attached hydrogens (tertiary/aromatic N) is 1. The molecule has 0 aromatic heterocycles. The minimum absolute atomic E-state index is 0.719. The van der Waals surface area contributed by atoms with E-state index in [-0.39, 0.29) is 0 Å². The molecule has 0 atom stereocenters. The summed E-state index contributed by atoms with van der Waals surface area (Å²) >= 11 is 0. The first-order chi connectivity index (χ1) is 10.2. The first kappa shape index (κ1) is 15.8. The molecule has 0 radical (unpaired) electrons. The Morgan fingerprint density at radius 3 is 1.52 bits per heavy atom. The van der Waals surface area contributed by atoms with E-state index in [1.54, 1.807) is 0 Å². The van der Waals surface area contributed by atoms with Gasteiger partial charge in [0.25, 0.3) is 0 Å². The van der Waals surface area contributed by atoms with Crippen LogP contribution in [0, 0.1) is 5.92 Å². The van der Waals surface area contributed by atoms with Gasteiger partial charge in [0.2, 0.25) is 0 Å². The third kappa shape index (κ3) is 6.14. The summed E-state index contributed by atoms with van der Waals surface area (Å²) in [7, 11) is 0. The van der Waals surface area contributed by atoms with Crippen molar-refractivity contribution in [3.8, 4) is 0 Å². The Kier molecular flexibility index (Phi) is 6.49. The summed E-state index contributed by atoms with van der Waals surface area (Å²) in [4.78, 5) is 2.60. The summed E-state index contributed by atoms with van der Waals surface area (Å²) < 4.78 is 0. The van der Waals surface area contributed by atoms with E-state index in [1.165, 1.54) is 17.7 Å². The highest BCUT2D eigenvalue weighted by Crippen LogP contribution is 2.07. The van der Waals surface area contributed by atoms with Gasteiger partial charge in [0, 0.05) is 19.6 Å². The fourth-order valence-corrected chi connectivity index (χ4v) is 2.67. The molecule has 0 aliphatic carbocycles. The molecule has 2 aromatic carbocycles. The van der Waals surface area contributed by atoms with Crippen LogP contribution >= 0.6 is 0 Å². The monoisotopic (exact) mass is 281 g/mol. The van der Waals surface area contributed by atoms with Crippen LogP contribution in [0.25, 0.3) is 0 Å². The number of hydrogen-bond acceptors (Lipinski definition) is 1. The molecule has 0 fully saturated rings. The van der Waals surface area contributed by atoms with Gasteiger partial charge in [-0.05, 0) is 29.9 Å². The first-order valence-corrected chi connectivity index (χ1v) is 8.04. The summed E-state index contributed by atoms with van der Waals surface area (Å²) in [5.74, 6) is 0.719. The van der Waals surface area contributed by atoms with Gasteiger partial charge in [0.15, 0.2) is 0 Å². The minimum Gasteiger partial charge on any atom is -0.302 e. The van der Waals surface area contributed by atoms with Crippen molar-refractivity contribution in [3.05, 3.63) is 71.8 Å². The van der Waals surface area contributed by atoms with Crippen molar-refractivity contribution < 1.29 is 0 Å². The Labute approximate surface area is 129 Å². The number of benzene rings is 2. The highest BCUT2D eigenvalue weighted by atomic mass is 15.1. The quantitative estimate of drug-likeness (QED) is 0.692. The molecule has 0 saturated heterocycles. The predicted molar refractivity (Wildman–Crippen MR) is 91.6 cm³/mol. The lowest BCUT2D eigenvalue weighted by Crippen LogP contribution is -2.32. The van der Waals surface area contributed by atoms with Crippen LogP contribution in [-0.4, -0.2) is 24.5 Å². The molecule has 0 bridgehead atoms. The van der Waals surface area contributed by atoms with Crippen LogP contribution in [0.15, 0.2) is 60.7 Å². The molecular weight excluding hydrogens is 254 g/mol. The van der Waals surface area contributed by atoms with Gasteiger partial charge in [-0.1, -0.05) is 74.5 Å². The lowest BCUT2D eigenvalue weighted by Gasteiger charge is -2.24. The topological polar surface area (TPSA) is 3.24 Å². The van der Waals surface area contributed by atoms with Crippen molar-refractivity contribution in [2.45, 2.75) is 26.7 Å². The molecule has 2 rings (SSSR count). The van der Waals surface area contributed by atoms with Gasteiger partial charge in [0.1, 0.15) is 0 Å². The average molecular weight is 281 g/mol. The molecule has 112 valence electrons. The average Bonchev–Trinajstić information content (AvgIpc) is 2.51. The Hall–Kier alpha value is -1.60. The zero-order valence-corrected chi connectivity index (χ0v) is 13.3. The molecule has 21 heavy (non-hydrogen) atoms. The number of hydrogen-bond donors (Lipinski definition) is 0. The maximum Gasteiger partial charge on any atom is 0.00221 e. The maximum atomic E-state index is 2.60. The Balaban J connectivity index is 1.85. The summed E-state index contributed by atoms with van der Waals surface area (Å²) in [6, 6.07) is 21.6. The van der Waals surface area contributed by atoms with Crippen LogP contribution < -0.4 is 0 Å². The van der Waals surface area contributed by atoms with Crippen LogP contribution in [-0.2, 0) is 12.8 Å². The van der Waals surface area contributed by atoms with Crippen molar-refractivity contribution in [2.24, 2.45) is 5.92 Å². The fourth-order valence-electron chi connectivity index (χ4n) is 2.67. The standard InChI is InChI=1S/C20H27N/c1-18(2)17-21(15-13-19-9-5-3-6-10-19)16-14-20-11-7-4-8-12-20/h3-12,18H,13-17H2,1-2H3. The fraction of sp³-hybridized carbons (Fsp3) is 0.400. The van der Waals surface area contributed by atoms with Crippen LogP contribution in [0.3, 0.4) is 0 Å². The molecule has 0 unspecified atom stereocenters. The van der Waals surface area contributed by atoms with Gasteiger partial charge in [-0.2, -0.15) is 0 Å².